The summed E-state index contributed by atoms with van der Waals surface area (Å²) in [4.78, 5) is 24.6. The van der Waals surface area contributed by atoms with Crippen LogP contribution in [-0.4, -0.2) is 51.6 Å². The summed E-state index contributed by atoms with van der Waals surface area (Å²) in [5.41, 5.74) is -5.14. The lowest BCUT2D eigenvalue weighted by atomic mass is 9.96. The van der Waals surface area contributed by atoms with Crippen molar-refractivity contribution in [1.29, 1.82) is 0 Å². The third-order valence-corrected chi connectivity index (χ3v) is 5.63. The van der Waals surface area contributed by atoms with Crippen LogP contribution in [0.2, 0.25) is 0 Å². The van der Waals surface area contributed by atoms with Crippen molar-refractivity contribution >= 4 is 7.82 Å². The number of aliphatic hydroxyl groups is 1. The first-order chi connectivity index (χ1) is 12.5. The molecule has 1 aromatic rings. The molecule has 1 unspecified atom stereocenters. The van der Waals surface area contributed by atoms with E-state index in [1.807, 2.05) is 0 Å². The summed E-state index contributed by atoms with van der Waals surface area (Å²) in [6, 6.07) is 0. The zero-order valence-electron chi connectivity index (χ0n) is 14.0. The average Bonchev–Trinajstić information content (AvgIpc) is 2.84. The Morgan fingerprint density at radius 2 is 2.11 bits per heavy atom. The number of rotatable bonds is 4. The molecule has 0 spiro atoms. The Balaban J connectivity index is 2.01. The predicted octanol–water partition coefficient (Wildman–Crippen LogP) is 0.518. The standard InChI is InChI=1S/C13H16F3N2O8P/c1-5(2)25-27(22)23-4-13(11(15)16)8(26-27)7(19)10(24-13)18-3-6(14)9(20)17-12(18)21/h3,5,7-8,10-11,19H,4H2,1-2H3,(H,17,20,21)/t7-,8+,10-,13-,27?/m1/s1. The Morgan fingerprint density at radius 3 is 2.70 bits per heavy atom. The lowest BCUT2D eigenvalue weighted by Crippen LogP contribution is -2.56. The van der Waals surface area contributed by atoms with E-state index in [1.54, 1.807) is 4.98 Å². The van der Waals surface area contributed by atoms with Crippen molar-refractivity contribution in [2.24, 2.45) is 0 Å². The van der Waals surface area contributed by atoms with Crippen LogP contribution in [0.1, 0.15) is 20.1 Å². The largest absolute Gasteiger partial charge is 0.475 e. The Bertz CT molecular complexity index is 889. The van der Waals surface area contributed by atoms with E-state index < -0.39 is 68.1 Å². The van der Waals surface area contributed by atoms with Gasteiger partial charge in [0.1, 0.15) is 12.2 Å². The van der Waals surface area contributed by atoms with Crippen molar-refractivity contribution in [1.82, 2.24) is 9.55 Å². The number of alkyl halides is 2. The fraction of sp³-hybridized carbons (Fsp3) is 0.692. The molecule has 5 atom stereocenters. The number of ether oxygens (including phenoxy) is 1. The quantitative estimate of drug-likeness (QED) is 0.680. The molecule has 2 fully saturated rings. The van der Waals surface area contributed by atoms with Gasteiger partial charge in [0.2, 0.25) is 5.82 Å². The molecular formula is C13H16F3N2O8P. The topological polar surface area (TPSA) is 129 Å². The highest BCUT2D eigenvalue weighted by atomic mass is 31.2. The average molecular weight is 416 g/mol. The maximum absolute atomic E-state index is 13.7. The SMILES string of the molecule is CC(C)OP1(=O)OC[C@@]2(C(F)F)O[C@@H](n3cc(F)c(=O)[nH]c3=O)[C@H](O)[C@@H]2O1. The second-order valence-corrected chi connectivity index (χ2v) is 7.87. The maximum Gasteiger partial charge on any atom is 0.475 e. The maximum atomic E-state index is 13.7. The summed E-state index contributed by atoms with van der Waals surface area (Å²) in [6.45, 7) is 2.01. The van der Waals surface area contributed by atoms with Crippen LogP contribution in [-0.2, 0) is 22.9 Å². The van der Waals surface area contributed by atoms with Crippen LogP contribution in [0.25, 0.3) is 0 Å². The monoisotopic (exact) mass is 416 g/mol. The number of aromatic nitrogens is 2. The van der Waals surface area contributed by atoms with Crippen LogP contribution in [0.4, 0.5) is 13.2 Å². The minimum Gasteiger partial charge on any atom is -0.386 e. The predicted molar refractivity (Wildman–Crippen MR) is 80.8 cm³/mol. The van der Waals surface area contributed by atoms with Crippen molar-refractivity contribution in [3.8, 4) is 0 Å². The summed E-state index contributed by atoms with van der Waals surface area (Å²) in [7, 11) is -4.30. The molecule has 2 saturated heterocycles. The molecule has 0 aromatic carbocycles. The van der Waals surface area contributed by atoms with E-state index in [-0.39, 0.29) is 0 Å². The fourth-order valence-corrected chi connectivity index (χ4v) is 4.47. The Morgan fingerprint density at radius 1 is 1.44 bits per heavy atom. The Hall–Kier alpha value is -1.50. The summed E-state index contributed by atoms with van der Waals surface area (Å²) in [5.74, 6) is -1.41. The minimum absolute atomic E-state index is 0.390. The number of fused-ring (bicyclic) bond motifs is 1. The van der Waals surface area contributed by atoms with E-state index in [1.165, 1.54) is 13.8 Å². The smallest absolute Gasteiger partial charge is 0.386 e. The normalized spacial score (nSPS) is 36.4. The molecule has 1 aromatic heterocycles. The number of aliphatic hydroxyl groups excluding tert-OH is 1. The van der Waals surface area contributed by atoms with Crippen molar-refractivity contribution in [3.05, 3.63) is 32.9 Å². The van der Waals surface area contributed by atoms with Gasteiger partial charge in [0.15, 0.2) is 11.8 Å². The highest BCUT2D eigenvalue weighted by Crippen LogP contribution is 2.61. The molecule has 0 radical (unpaired) electrons. The van der Waals surface area contributed by atoms with Crippen LogP contribution in [0.3, 0.4) is 0 Å². The Labute approximate surface area is 149 Å². The van der Waals surface area contributed by atoms with Gasteiger partial charge in [-0.2, -0.15) is 4.39 Å². The molecule has 0 aliphatic carbocycles. The second kappa shape index (κ2) is 6.83. The molecule has 2 N–H and O–H groups in total. The first kappa shape index (κ1) is 20.2. The number of nitrogens with one attached hydrogen (secondary N) is 1. The van der Waals surface area contributed by atoms with Gasteiger partial charge in [-0.1, -0.05) is 0 Å². The highest BCUT2D eigenvalue weighted by Gasteiger charge is 2.67. The van der Waals surface area contributed by atoms with Gasteiger partial charge in [0.05, 0.1) is 18.9 Å². The van der Waals surface area contributed by atoms with Crippen molar-refractivity contribution in [3.63, 3.8) is 0 Å². The molecule has 152 valence electrons. The van der Waals surface area contributed by atoms with Crippen LogP contribution in [0.5, 0.6) is 0 Å². The van der Waals surface area contributed by atoms with E-state index in [2.05, 4.69) is 0 Å². The number of phosphoric acid groups is 1. The summed E-state index contributed by atoms with van der Waals surface area (Å²) in [5, 5.41) is 10.4. The number of nitrogens with zero attached hydrogens (tertiary/aromatic N) is 1. The van der Waals surface area contributed by atoms with E-state index >= 15 is 0 Å². The van der Waals surface area contributed by atoms with Crippen LogP contribution >= 0.6 is 7.82 Å². The molecule has 0 amide bonds. The van der Waals surface area contributed by atoms with Crippen molar-refractivity contribution < 1.29 is 41.2 Å². The van der Waals surface area contributed by atoms with Gasteiger partial charge in [-0.3, -0.25) is 27.9 Å². The van der Waals surface area contributed by atoms with Gasteiger partial charge >= 0.3 is 13.5 Å². The van der Waals surface area contributed by atoms with Gasteiger partial charge < -0.3 is 9.84 Å². The van der Waals surface area contributed by atoms with Crippen molar-refractivity contribution in [2.75, 3.05) is 6.61 Å². The van der Waals surface area contributed by atoms with E-state index in [4.69, 9.17) is 18.3 Å². The van der Waals surface area contributed by atoms with E-state index in [9.17, 15) is 32.4 Å². The fourth-order valence-electron chi connectivity index (χ4n) is 2.84. The molecule has 2 aliphatic heterocycles. The number of phosphoric ester groups is 1. The summed E-state index contributed by atoms with van der Waals surface area (Å²) < 4.78 is 73.8. The third-order valence-electron chi connectivity index (χ3n) is 4.02. The van der Waals surface area contributed by atoms with Gasteiger partial charge in [-0.05, 0) is 13.8 Å². The number of hydrogen-bond acceptors (Lipinski definition) is 8. The number of halogens is 3. The molecule has 2 aliphatic rings. The van der Waals surface area contributed by atoms with Gasteiger partial charge in [0, 0.05) is 0 Å². The molecule has 27 heavy (non-hydrogen) atoms. The highest BCUT2D eigenvalue weighted by molar-refractivity contribution is 7.48. The Kier molecular flexibility index (Phi) is 5.12. The molecular weight excluding hydrogens is 400 g/mol. The molecule has 3 heterocycles. The first-order valence-corrected chi connectivity index (χ1v) is 9.21. The van der Waals surface area contributed by atoms with E-state index in [0.717, 1.165) is 0 Å². The lowest BCUT2D eigenvalue weighted by Gasteiger charge is -2.39. The minimum atomic E-state index is -4.30. The zero-order chi connectivity index (χ0) is 20.1. The van der Waals surface area contributed by atoms with Crippen LogP contribution in [0.15, 0.2) is 15.8 Å². The molecule has 0 saturated carbocycles. The lowest BCUT2D eigenvalue weighted by molar-refractivity contribution is -0.208. The molecule has 10 nitrogen and oxygen atoms in total. The first-order valence-electron chi connectivity index (χ1n) is 7.75. The van der Waals surface area contributed by atoms with Gasteiger partial charge in [-0.15, -0.1) is 0 Å². The summed E-state index contributed by atoms with van der Waals surface area (Å²) >= 11 is 0. The molecule has 3 rings (SSSR count). The van der Waals surface area contributed by atoms with Crippen LogP contribution in [0, 0.1) is 5.82 Å². The molecule has 14 heteroatoms. The van der Waals surface area contributed by atoms with Crippen LogP contribution < -0.4 is 11.2 Å². The van der Waals surface area contributed by atoms with Gasteiger partial charge in [-0.25, -0.2) is 18.1 Å². The molecule has 0 bridgehead atoms. The van der Waals surface area contributed by atoms with E-state index in [0.29, 0.717) is 10.8 Å². The number of H-pyrrole nitrogens is 1. The summed E-state index contributed by atoms with van der Waals surface area (Å²) in [6.07, 6.45) is -9.30. The zero-order valence-corrected chi connectivity index (χ0v) is 14.9. The number of aromatic amines is 1. The second-order valence-electron chi connectivity index (χ2n) is 6.30. The third kappa shape index (κ3) is 3.39. The van der Waals surface area contributed by atoms with Gasteiger partial charge in [0.25, 0.3) is 12.0 Å². The van der Waals surface area contributed by atoms with Crippen molar-refractivity contribution in [2.45, 2.75) is 50.4 Å². The number of hydrogen-bond donors (Lipinski definition) is 2.